The normalized spacial score (nSPS) is 15.6. The number of amides is 2. The van der Waals surface area contributed by atoms with Crippen molar-refractivity contribution in [2.24, 2.45) is 0 Å². The molecule has 0 fully saturated rings. The molecule has 2 amide bonds. The van der Waals surface area contributed by atoms with Gasteiger partial charge in [-0.3, -0.25) is 14.4 Å². The third-order valence-corrected chi connectivity index (χ3v) is 4.80. The molecule has 3 rings (SSSR count). The summed E-state index contributed by atoms with van der Waals surface area (Å²) < 4.78 is 10.8. The molecule has 2 aromatic rings. The highest BCUT2D eigenvalue weighted by atomic mass is 16.5. The highest BCUT2D eigenvalue weighted by Crippen LogP contribution is 2.31. The third-order valence-electron chi connectivity index (χ3n) is 4.80. The van der Waals surface area contributed by atoms with Crippen LogP contribution in [-0.2, 0) is 19.1 Å². The molecule has 0 aromatic heterocycles. The van der Waals surface area contributed by atoms with E-state index in [9.17, 15) is 14.4 Å². The van der Waals surface area contributed by atoms with Gasteiger partial charge in [0.2, 0.25) is 5.91 Å². The highest BCUT2D eigenvalue weighted by Gasteiger charge is 2.29. The fourth-order valence-corrected chi connectivity index (χ4v) is 3.29. The number of rotatable bonds is 7. The van der Waals surface area contributed by atoms with E-state index in [1.54, 1.807) is 31.2 Å². The number of para-hydroxylation sites is 2. The molecule has 1 atom stereocenters. The number of nitrogens with one attached hydrogen (secondary N) is 1. The Bertz CT molecular complexity index is 910. The first-order valence-electron chi connectivity index (χ1n) is 10.00. The van der Waals surface area contributed by atoms with Crippen LogP contribution in [0.4, 0.5) is 11.4 Å². The Kier molecular flexibility index (Phi) is 7.06. The van der Waals surface area contributed by atoms with E-state index in [0.29, 0.717) is 24.4 Å². The number of aryl methyl sites for hydroxylation is 1. The molecule has 1 unspecified atom stereocenters. The molecule has 1 aliphatic rings. The van der Waals surface area contributed by atoms with Crippen molar-refractivity contribution in [3.8, 4) is 5.75 Å². The lowest BCUT2D eigenvalue weighted by Gasteiger charge is -2.27. The third kappa shape index (κ3) is 5.59. The van der Waals surface area contributed by atoms with Gasteiger partial charge in [-0.15, -0.1) is 0 Å². The predicted molar refractivity (Wildman–Crippen MR) is 114 cm³/mol. The van der Waals surface area contributed by atoms with Crippen molar-refractivity contribution in [2.75, 3.05) is 23.4 Å². The van der Waals surface area contributed by atoms with Gasteiger partial charge in [-0.1, -0.05) is 29.8 Å². The number of benzene rings is 2. The molecule has 0 saturated carbocycles. The molecule has 7 heteroatoms. The van der Waals surface area contributed by atoms with Crippen molar-refractivity contribution in [2.45, 2.75) is 39.2 Å². The fraction of sp³-hybridized carbons (Fsp3) is 0.348. The molecule has 1 N–H and O–H groups in total. The van der Waals surface area contributed by atoms with E-state index in [-0.39, 0.29) is 37.3 Å². The van der Waals surface area contributed by atoms with E-state index in [1.165, 1.54) is 4.90 Å². The van der Waals surface area contributed by atoms with Crippen molar-refractivity contribution in [1.29, 1.82) is 0 Å². The molecule has 1 aliphatic heterocycles. The van der Waals surface area contributed by atoms with E-state index in [0.717, 1.165) is 11.3 Å². The van der Waals surface area contributed by atoms with Crippen LogP contribution < -0.4 is 15.0 Å². The summed E-state index contributed by atoms with van der Waals surface area (Å²) in [7, 11) is 0. The zero-order valence-electron chi connectivity index (χ0n) is 17.2. The van der Waals surface area contributed by atoms with Crippen molar-refractivity contribution in [3.63, 3.8) is 0 Å². The predicted octanol–water partition coefficient (Wildman–Crippen LogP) is 3.46. The van der Waals surface area contributed by atoms with Crippen LogP contribution in [0.15, 0.2) is 48.5 Å². The summed E-state index contributed by atoms with van der Waals surface area (Å²) in [6, 6.07) is 14.4. The van der Waals surface area contributed by atoms with E-state index < -0.39 is 5.97 Å². The topological polar surface area (TPSA) is 84.9 Å². The van der Waals surface area contributed by atoms with Gasteiger partial charge in [-0.05, 0) is 44.5 Å². The van der Waals surface area contributed by atoms with Crippen LogP contribution in [-0.4, -0.2) is 37.0 Å². The average molecular weight is 410 g/mol. The van der Waals surface area contributed by atoms with Gasteiger partial charge in [0.25, 0.3) is 5.91 Å². The van der Waals surface area contributed by atoms with Crippen molar-refractivity contribution >= 4 is 29.2 Å². The number of anilines is 2. The maximum atomic E-state index is 12.8. The van der Waals surface area contributed by atoms with Gasteiger partial charge in [-0.2, -0.15) is 0 Å². The van der Waals surface area contributed by atoms with Crippen LogP contribution in [0.3, 0.4) is 0 Å². The Labute approximate surface area is 176 Å². The quantitative estimate of drug-likeness (QED) is 0.558. The number of carbonyl (C=O) groups excluding carboxylic acids is 3. The minimum atomic E-state index is -0.458. The maximum Gasteiger partial charge on any atom is 0.306 e. The Hall–Kier alpha value is -3.35. The Balaban J connectivity index is 1.48. The number of hydrogen-bond acceptors (Lipinski definition) is 5. The largest absolute Gasteiger partial charge is 0.494 e. The zero-order valence-corrected chi connectivity index (χ0v) is 17.2. The second-order valence-electron chi connectivity index (χ2n) is 7.31. The molecule has 0 saturated heterocycles. The second-order valence-corrected chi connectivity index (χ2v) is 7.31. The molecule has 30 heavy (non-hydrogen) atoms. The SMILES string of the molecule is Cc1ccc(OCCCC(=O)OCC(=O)N2c3ccccc3NC(=O)CC2C)cc1. The molecule has 0 radical (unpaired) electrons. The number of fused-ring (bicyclic) bond motifs is 1. The zero-order chi connectivity index (χ0) is 21.5. The molecular formula is C23H26N2O5. The van der Waals surface area contributed by atoms with E-state index in [2.05, 4.69) is 5.32 Å². The second kappa shape index (κ2) is 9.91. The molecule has 158 valence electrons. The monoisotopic (exact) mass is 410 g/mol. The van der Waals surface area contributed by atoms with Crippen molar-refractivity contribution in [3.05, 3.63) is 54.1 Å². The van der Waals surface area contributed by atoms with Gasteiger partial charge < -0.3 is 19.7 Å². The minimum Gasteiger partial charge on any atom is -0.494 e. The Morgan fingerprint density at radius 2 is 1.87 bits per heavy atom. The molecule has 7 nitrogen and oxygen atoms in total. The summed E-state index contributed by atoms with van der Waals surface area (Å²) in [5.74, 6) is -0.228. The lowest BCUT2D eigenvalue weighted by molar-refractivity contribution is -0.148. The summed E-state index contributed by atoms with van der Waals surface area (Å²) in [5.41, 5.74) is 2.32. The number of esters is 1. The van der Waals surface area contributed by atoms with Crippen LogP contribution >= 0.6 is 0 Å². The summed E-state index contributed by atoms with van der Waals surface area (Å²) in [4.78, 5) is 38.3. The standard InChI is InChI=1S/C23H26N2O5/c1-16-9-11-18(12-10-16)29-13-5-8-23(28)30-15-22(27)25-17(2)14-21(26)24-19-6-3-4-7-20(19)25/h3-4,6-7,9-12,17H,5,8,13-15H2,1-2H3,(H,24,26). The fourth-order valence-electron chi connectivity index (χ4n) is 3.29. The van der Waals surface area contributed by atoms with E-state index in [4.69, 9.17) is 9.47 Å². The van der Waals surface area contributed by atoms with Crippen molar-refractivity contribution < 1.29 is 23.9 Å². The number of nitrogens with zero attached hydrogens (tertiary/aromatic N) is 1. The van der Waals surface area contributed by atoms with Gasteiger partial charge in [0.1, 0.15) is 5.75 Å². The van der Waals surface area contributed by atoms with Gasteiger partial charge in [0, 0.05) is 18.9 Å². The number of ether oxygens (including phenoxy) is 2. The van der Waals surface area contributed by atoms with Gasteiger partial charge in [0.05, 0.1) is 18.0 Å². The van der Waals surface area contributed by atoms with Crippen LogP contribution in [0.1, 0.15) is 31.7 Å². The van der Waals surface area contributed by atoms with Crippen LogP contribution in [0.5, 0.6) is 5.75 Å². The minimum absolute atomic E-state index is 0.157. The molecule has 0 aliphatic carbocycles. The Morgan fingerprint density at radius 3 is 2.63 bits per heavy atom. The smallest absolute Gasteiger partial charge is 0.306 e. The number of hydrogen-bond donors (Lipinski definition) is 1. The van der Waals surface area contributed by atoms with Gasteiger partial charge in [-0.25, -0.2) is 0 Å². The van der Waals surface area contributed by atoms with Crippen molar-refractivity contribution in [1.82, 2.24) is 0 Å². The molecular weight excluding hydrogens is 384 g/mol. The van der Waals surface area contributed by atoms with Crippen LogP contribution in [0.2, 0.25) is 0 Å². The van der Waals surface area contributed by atoms with Crippen LogP contribution in [0, 0.1) is 6.92 Å². The maximum absolute atomic E-state index is 12.8. The Morgan fingerprint density at radius 1 is 1.13 bits per heavy atom. The molecule has 2 aromatic carbocycles. The first-order valence-corrected chi connectivity index (χ1v) is 10.00. The molecule has 1 heterocycles. The average Bonchev–Trinajstić information content (AvgIpc) is 2.85. The highest BCUT2D eigenvalue weighted by molar-refractivity contribution is 6.05. The van der Waals surface area contributed by atoms with Crippen LogP contribution in [0.25, 0.3) is 0 Å². The van der Waals surface area contributed by atoms with Gasteiger partial charge >= 0.3 is 5.97 Å². The summed E-state index contributed by atoms with van der Waals surface area (Å²) in [6.45, 7) is 3.81. The summed E-state index contributed by atoms with van der Waals surface area (Å²) in [5, 5.41) is 2.80. The van der Waals surface area contributed by atoms with E-state index >= 15 is 0 Å². The summed E-state index contributed by atoms with van der Waals surface area (Å²) >= 11 is 0. The molecule has 0 spiro atoms. The first-order chi connectivity index (χ1) is 14.4. The number of carbonyl (C=O) groups is 3. The lowest BCUT2D eigenvalue weighted by atomic mass is 10.1. The van der Waals surface area contributed by atoms with Gasteiger partial charge in [0.15, 0.2) is 6.61 Å². The lowest BCUT2D eigenvalue weighted by Crippen LogP contribution is -2.41. The molecule has 0 bridgehead atoms. The van der Waals surface area contributed by atoms with E-state index in [1.807, 2.05) is 31.2 Å². The summed E-state index contributed by atoms with van der Waals surface area (Å²) in [6.07, 6.45) is 0.818. The first kappa shape index (κ1) is 21.4.